The van der Waals surface area contributed by atoms with E-state index in [9.17, 15) is 18.0 Å². The van der Waals surface area contributed by atoms with Gasteiger partial charge in [-0.05, 0) is 61.4 Å². The molecule has 2 fully saturated rings. The zero-order chi connectivity index (χ0) is 30.4. The summed E-state index contributed by atoms with van der Waals surface area (Å²) in [6.07, 6.45) is 2.69. The summed E-state index contributed by atoms with van der Waals surface area (Å²) in [5, 5.41) is 3.44. The lowest BCUT2D eigenvalue weighted by atomic mass is 9.89. The molecule has 9 nitrogen and oxygen atoms in total. The SMILES string of the molecule is COC(=O)c1sc(-c2cccc(C3CCN(S(=O)(=O)Cc4ccccc4)CC3)c2)c(Cl)c1OCC(=O)OC1CCNCC1. The van der Waals surface area contributed by atoms with Crippen molar-refractivity contribution in [3.8, 4) is 16.2 Å². The van der Waals surface area contributed by atoms with Gasteiger partial charge in [0.15, 0.2) is 17.2 Å². The fraction of sp³-hybridized carbons (Fsp3) is 0.419. The minimum atomic E-state index is -3.41. The van der Waals surface area contributed by atoms with E-state index >= 15 is 0 Å². The Balaban J connectivity index is 1.27. The third-order valence-corrected chi connectivity index (χ3v) is 11.3. The van der Waals surface area contributed by atoms with E-state index in [0.29, 0.717) is 30.8 Å². The Kier molecular flexibility index (Phi) is 10.4. The molecular formula is C31H35ClN2O7S2. The largest absolute Gasteiger partial charge is 0.479 e. The number of methoxy groups -OCH3 is 1. The molecule has 5 rings (SSSR count). The number of esters is 2. The van der Waals surface area contributed by atoms with Gasteiger partial charge in [0.2, 0.25) is 10.0 Å². The van der Waals surface area contributed by atoms with Gasteiger partial charge in [-0.25, -0.2) is 22.3 Å². The van der Waals surface area contributed by atoms with Gasteiger partial charge < -0.3 is 19.5 Å². The monoisotopic (exact) mass is 646 g/mol. The summed E-state index contributed by atoms with van der Waals surface area (Å²) < 4.78 is 43.8. The molecule has 1 aromatic heterocycles. The summed E-state index contributed by atoms with van der Waals surface area (Å²) >= 11 is 7.90. The highest BCUT2D eigenvalue weighted by molar-refractivity contribution is 7.88. The van der Waals surface area contributed by atoms with Gasteiger partial charge in [0.05, 0.1) is 17.7 Å². The highest BCUT2D eigenvalue weighted by atomic mass is 35.5. The molecule has 1 N–H and O–H groups in total. The minimum Gasteiger partial charge on any atom is -0.479 e. The van der Waals surface area contributed by atoms with Crippen LogP contribution in [0, 0.1) is 0 Å². The zero-order valence-corrected chi connectivity index (χ0v) is 26.3. The predicted molar refractivity (Wildman–Crippen MR) is 166 cm³/mol. The van der Waals surface area contributed by atoms with Crippen molar-refractivity contribution in [2.24, 2.45) is 0 Å². The van der Waals surface area contributed by atoms with E-state index in [1.54, 1.807) is 4.31 Å². The summed E-state index contributed by atoms with van der Waals surface area (Å²) in [6.45, 7) is 2.09. The molecule has 0 atom stereocenters. The van der Waals surface area contributed by atoms with E-state index in [1.165, 1.54) is 7.11 Å². The Labute approximate surface area is 261 Å². The number of hydrogen-bond donors (Lipinski definition) is 1. The van der Waals surface area contributed by atoms with Crippen LogP contribution in [0.1, 0.15) is 52.4 Å². The Bertz CT molecular complexity index is 1530. The van der Waals surface area contributed by atoms with Crippen molar-refractivity contribution in [2.75, 3.05) is 39.9 Å². The minimum absolute atomic E-state index is 0.00636. The smallest absolute Gasteiger partial charge is 0.351 e. The lowest BCUT2D eigenvalue weighted by Crippen LogP contribution is -2.38. The fourth-order valence-electron chi connectivity index (χ4n) is 5.48. The molecule has 2 aromatic carbocycles. The molecule has 43 heavy (non-hydrogen) atoms. The number of sulfonamides is 1. The second-order valence-corrected chi connectivity index (χ2v) is 14.0. The van der Waals surface area contributed by atoms with Crippen molar-refractivity contribution in [3.63, 3.8) is 0 Å². The first kappa shape index (κ1) is 31.5. The van der Waals surface area contributed by atoms with Crippen LogP contribution in [0.4, 0.5) is 0 Å². The highest BCUT2D eigenvalue weighted by Gasteiger charge is 2.30. The number of ether oxygens (including phenoxy) is 3. The van der Waals surface area contributed by atoms with E-state index in [1.807, 2.05) is 54.6 Å². The molecular weight excluding hydrogens is 612 g/mol. The van der Waals surface area contributed by atoms with Gasteiger partial charge in [0.1, 0.15) is 11.1 Å². The molecule has 0 saturated carbocycles. The molecule has 0 unspecified atom stereocenters. The van der Waals surface area contributed by atoms with Crippen molar-refractivity contribution >= 4 is 44.9 Å². The molecule has 0 bridgehead atoms. The van der Waals surface area contributed by atoms with E-state index in [0.717, 1.165) is 54.0 Å². The summed E-state index contributed by atoms with van der Waals surface area (Å²) in [5.74, 6) is -0.876. The molecule has 230 valence electrons. The van der Waals surface area contributed by atoms with E-state index < -0.39 is 22.0 Å². The number of carbonyl (C=O) groups excluding carboxylic acids is 2. The molecule has 3 heterocycles. The number of hydrogen-bond acceptors (Lipinski definition) is 9. The maximum atomic E-state index is 13.0. The Hall–Kier alpha value is -2.96. The van der Waals surface area contributed by atoms with Crippen LogP contribution in [0.2, 0.25) is 5.02 Å². The highest BCUT2D eigenvalue weighted by Crippen LogP contribution is 2.46. The number of rotatable bonds is 10. The van der Waals surface area contributed by atoms with Gasteiger partial charge >= 0.3 is 11.9 Å². The van der Waals surface area contributed by atoms with Gasteiger partial charge in [-0.15, -0.1) is 11.3 Å². The first-order chi connectivity index (χ1) is 20.7. The van der Waals surface area contributed by atoms with Gasteiger partial charge in [-0.3, -0.25) is 0 Å². The second-order valence-electron chi connectivity index (χ2n) is 10.7. The third-order valence-electron chi connectivity index (χ3n) is 7.76. The van der Waals surface area contributed by atoms with Crippen LogP contribution >= 0.6 is 22.9 Å². The van der Waals surface area contributed by atoms with E-state index in [-0.39, 0.29) is 40.0 Å². The molecule has 0 amide bonds. The number of carbonyl (C=O) groups is 2. The summed E-state index contributed by atoms with van der Waals surface area (Å²) in [6, 6.07) is 17.1. The number of nitrogens with zero attached hydrogens (tertiary/aromatic N) is 1. The third kappa shape index (κ3) is 7.77. The number of piperidine rings is 2. The summed E-state index contributed by atoms with van der Waals surface area (Å²) in [7, 11) is -2.13. The lowest BCUT2D eigenvalue weighted by molar-refractivity contribution is -0.152. The predicted octanol–water partition coefficient (Wildman–Crippen LogP) is 5.24. The quantitative estimate of drug-likeness (QED) is 0.298. The van der Waals surface area contributed by atoms with Gasteiger partial charge in [0, 0.05) is 13.1 Å². The number of halogens is 1. The topological polar surface area (TPSA) is 111 Å². The fourth-order valence-corrected chi connectivity index (χ4v) is 8.52. The van der Waals surface area contributed by atoms with E-state index in [4.69, 9.17) is 25.8 Å². The molecule has 2 aliphatic rings. The van der Waals surface area contributed by atoms with Crippen LogP contribution in [0.25, 0.3) is 10.4 Å². The number of thiophene rings is 1. The zero-order valence-electron chi connectivity index (χ0n) is 23.9. The Morgan fingerprint density at radius 3 is 2.44 bits per heavy atom. The second kappa shape index (κ2) is 14.2. The van der Waals surface area contributed by atoms with Crippen molar-refractivity contribution in [1.82, 2.24) is 9.62 Å². The summed E-state index contributed by atoms with van der Waals surface area (Å²) in [4.78, 5) is 25.8. The normalized spacial score (nSPS) is 17.0. The molecule has 3 aromatic rings. The van der Waals surface area contributed by atoms with Crippen LogP contribution in [0.5, 0.6) is 5.75 Å². The lowest BCUT2D eigenvalue weighted by Gasteiger charge is -2.31. The van der Waals surface area contributed by atoms with Crippen LogP contribution in [-0.2, 0) is 30.0 Å². The average molecular weight is 647 g/mol. The summed E-state index contributed by atoms with van der Waals surface area (Å²) in [5.41, 5.74) is 2.64. The first-order valence-corrected chi connectivity index (χ1v) is 17.1. The molecule has 0 radical (unpaired) electrons. The van der Waals surface area contributed by atoms with Crippen LogP contribution in [-0.4, -0.2) is 70.7 Å². The van der Waals surface area contributed by atoms with Gasteiger partial charge in [-0.1, -0.05) is 66.2 Å². The van der Waals surface area contributed by atoms with Crippen LogP contribution in [0.3, 0.4) is 0 Å². The van der Waals surface area contributed by atoms with Crippen LogP contribution < -0.4 is 10.1 Å². The molecule has 12 heteroatoms. The van der Waals surface area contributed by atoms with Gasteiger partial charge in [0.25, 0.3) is 0 Å². The molecule has 0 spiro atoms. The van der Waals surface area contributed by atoms with Crippen molar-refractivity contribution in [2.45, 2.75) is 43.5 Å². The maximum absolute atomic E-state index is 13.0. The molecule has 2 saturated heterocycles. The van der Waals surface area contributed by atoms with Crippen LogP contribution in [0.15, 0.2) is 54.6 Å². The van der Waals surface area contributed by atoms with Crippen molar-refractivity contribution < 1.29 is 32.2 Å². The molecule has 2 aliphatic heterocycles. The number of benzene rings is 2. The number of nitrogens with one attached hydrogen (secondary N) is 1. The molecule has 0 aliphatic carbocycles. The average Bonchev–Trinajstić information content (AvgIpc) is 3.36. The maximum Gasteiger partial charge on any atom is 0.351 e. The first-order valence-electron chi connectivity index (χ1n) is 14.3. The Morgan fingerprint density at radius 1 is 1.02 bits per heavy atom. The van der Waals surface area contributed by atoms with Crippen molar-refractivity contribution in [1.29, 1.82) is 0 Å². The van der Waals surface area contributed by atoms with E-state index in [2.05, 4.69) is 5.32 Å². The standard InChI is InChI=1S/C31H35ClN2O7S2/c1-39-31(36)30-28(40-19-26(35)41-25-10-14-33-15-11-25)27(32)29(42-30)24-9-5-8-23(18-24)22-12-16-34(17-13-22)43(37,38)20-21-6-3-2-4-7-21/h2-9,18,22,25,33H,10-17,19-20H2,1H3. The Morgan fingerprint density at radius 2 is 1.74 bits per heavy atom. The van der Waals surface area contributed by atoms with Gasteiger partial charge in [-0.2, -0.15) is 0 Å². The van der Waals surface area contributed by atoms with Crippen molar-refractivity contribution in [3.05, 3.63) is 75.6 Å².